The molecule has 27 heavy (non-hydrogen) atoms. The minimum absolute atomic E-state index is 0.151. The highest BCUT2D eigenvalue weighted by atomic mass is 32.2. The second-order valence-corrected chi connectivity index (χ2v) is 8.17. The van der Waals surface area contributed by atoms with Crippen molar-refractivity contribution < 1.29 is 23.9 Å². The number of nitrogens with one attached hydrogen (secondary N) is 1. The zero-order valence-electron chi connectivity index (χ0n) is 15.2. The van der Waals surface area contributed by atoms with E-state index in [0.29, 0.717) is 5.75 Å². The van der Waals surface area contributed by atoms with Gasteiger partial charge in [0.2, 0.25) is 5.91 Å². The third kappa shape index (κ3) is 3.46. The molecule has 2 amide bonds. The van der Waals surface area contributed by atoms with E-state index in [2.05, 4.69) is 5.32 Å². The second-order valence-electron chi connectivity index (χ2n) is 6.05. The van der Waals surface area contributed by atoms with Gasteiger partial charge in [-0.1, -0.05) is 18.2 Å². The van der Waals surface area contributed by atoms with Gasteiger partial charge in [-0.2, -0.15) is 0 Å². The Hall–Kier alpha value is -1.97. The number of methoxy groups -OCH3 is 2. The van der Waals surface area contributed by atoms with E-state index in [1.807, 2.05) is 30.3 Å². The number of hydrogen-bond acceptors (Lipinski definition) is 7. The van der Waals surface area contributed by atoms with E-state index in [4.69, 9.17) is 9.47 Å². The first-order valence-corrected chi connectivity index (χ1v) is 10.3. The lowest BCUT2D eigenvalue weighted by Crippen LogP contribution is -2.80. The van der Waals surface area contributed by atoms with Crippen molar-refractivity contribution in [3.05, 3.63) is 41.6 Å². The Morgan fingerprint density at radius 3 is 2.67 bits per heavy atom. The highest BCUT2D eigenvalue weighted by Crippen LogP contribution is 2.46. The molecule has 1 aromatic carbocycles. The lowest BCUT2D eigenvalue weighted by Gasteiger charge is -2.55. The van der Waals surface area contributed by atoms with Crippen molar-refractivity contribution in [2.75, 3.05) is 25.7 Å². The quantitative estimate of drug-likeness (QED) is 0.331. The van der Waals surface area contributed by atoms with Crippen LogP contribution < -0.4 is 5.32 Å². The van der Waals surface area contributed by atoms with Crippen LogP contribution in [0.4, 0.5) is 0 Å². The van der Waals surface area contributed by atoms with Gasteiger partial charge < -0.3 is 14.8 Å². The van der Waals surface area contributed by atoms with Gasteiger partial charge in [0, 0.05) is 17.8 Å². The molecular formula is C18H20N2O5S2. The zero-order valence-corrected chi connectivity index (χ0v) is 16.8. The van der Waals surface area contributed by atoms with Gasteiger partial charge in [-0.25, -0.2) is 4.79 Å². The third-order valence-electron chi connectivity index (χ3n) is 4.36. The topological polar surface area (TPSA) is 84.9 Å². The van der Waals surface area contributed by atoms with Crippen molar-refractivity contribution in [2.45, 2.75) is 22.9 Å². The number of fused-ring (bicyclic) bond motifs is 1. The third-order valence-corrected chi connectivity index (χ3v) is 6.83. The summed E-state index contributed by atoms with van der Waals surface area (Å²) in [4.78, 5) is 39.7. The molecule has 2 heterocycles. The maximum Gasteiger partial charge on any atom is 0.354 e. The molecule has 0 radical (unpaired) electrons. The lowest BCUT2D eigenvalue weighted by molar-refractivity contribution is -0.192. The molecule has 1 saturated heterocycles. The maximum atomic E-state index is 12.9. The van der Waals surface area contributed by atoms with Crippen molar-refractivity contribution >= 4 is 41.3 Å². The molecule has 9 heteroatoms. The molecule has 144 valence electrons. The predicted octanol–water partition coefficient (Wildman–Crippen LogP) is 1.60. The summed E-state index contributed by atoms with van der Waals surface area (Å²) in [7, 11) is 2.65. The summed E-state index contributed by atoms with van der Waals surface area (Å²) in [6, 6.07) is 9.51. The molecule has 3 rings (SSSR count). The number of ether oxygens (including phenoxy) is 2. The van der Waals surface area contributed by atoms with Gasteiger partial charge in [0.25, 0.3) is 11.6 Å². The first-order valence-electron chi connectivity index (χ1n) is 8.22. The van der Waals surface area contributed by atoms with Crippen molar-refractivity contribution in [1.82, 2.24) is 10.2 Å². The first-order chi connectivity index (χ1) is 12.9. The summed E-state index contributed by atoms with van der Waals surface area (Å²) in [5, 5.41) is 2.21. The summed E-state index contributed by atoms with van der Waals surface area (Å²) < 4.78 is 10.2. The molecule has 2 aliphatic heterocycles. The molecule has 0 aromatic heterocycles. The summed E-state index contributed by atoms with van der Waals surface area (Å²) in [5.41, 5.74) is -0.488. The Bertz CT molecular complexity index is 798. The van der Waals surface area contributed by atoms with Crippen LogP contribution >= 0.6 is 23.5 Å². The van der Waals surface area contributed by atoms with Crippen LogP contribution in [0.25, 0.3) is 0 Å². The van der Waals surface area contributed by atoms with Crippen LogP contribution in [-0.2, 0) is 23.9 Å². The average Bonchev–Trinajstić information content (AvgIpc) is 2.70. The fourth-order valence-electron chi connectivity index (χ4n) is 3.03. The molecule has 0 aliphatic carbocycles. The zero-order chi connectivity index (χ0) is 19.6. The van der Waals surface area contributed by atoms with E-state index in [0.717, 1.165) is 10.5 Å². The number of amides is 2. The fraction of sp³-hybridized carbons (Fsp3) is 0.389. The minimum Gasteiger partial charge on any atom is -0.464 e. The summed E-state index contributed by atoms with van der Waals surface area (Å²) in [5.74, 6) is -0.663. The largest absolute Gasteiger partial charge is 0.464 e. The first kappa shape index (κ1) is 19.8. The molecule has 7 nitrogen and oxygen atoms in total. The van der Waals surface area contributed by atoms with E-state index in [1.165, 1.54) is 42.6 Å². The van der Waals surface area contributed by atoms with Gasteiger partial charge in [-0.05, 0) is 24.6 Å². The lowest BCUT2D eigenvalue weighted by atomic mass is 9.98. The van der Waals surface area contributed by atoms with Crippen LogP contribution in [-0.4, -0.2) is 59.5 Å². The van der Waals surface area contributed by atoms with E-state index in [1.54, 1.807) is 6.92 Å². The number of esters is 1. The fourth-order valence-corrected chi connectivity index (χ4v) is 5.13. The Morgan fingerprint density at radius 1 is 1.33 bits per heavy atom. The van der Waals surface area contributed by atoms with Gasteiger partial charge in [0.05, 0.1) is 12.9 Å². The molecule has 2 aliphatic rings. The minimum atomic E-state index is -1.47. The number of benzene rings is 1. The Morgan fingerprint density at radius 2 is 2.04 bits per heavy atom. The number of rotatable bonds is 6. The van der Waals surface area contributed by atoms with Crippen LogP contribution in [0.1, 0.15) is 6.92 Å². The van der Waals surface area contributed by atoms with E-state index < -0.39 is 23.0 Å². The Labute approximate surface area is 165 Å². The standard InChI is InChI=1S/C18H20N2O5S2/c1-11-9-27-17-18(25-3,16(23)20(17)14(11)15(22)24-2)19-13(21)10-26-12-7-5-4-6-8-12/h4-8,17H,9-10H2,1-3H3,(H,19,21)/t17-,18+/m1/s1. The van der Waals surface area contributed by atoms with E-state index in [-0.39, 0.29) is 17.4 Å². The normalized spacial score (nSPS) is 24.2. The van der Waals surface area contributed by atoms with Crippen LogP contribution in [0.15, 0.2) is 46.5 Å². The maximum absolute atomic E-state index is 12.9. The molecule has 0 bridgehead atoms. The predicted molar refractivity (Wildman–Crippen MR) is 103 cm³/mol. The summed E-state index contributed by atoms with van der Waals surface area (Å²) >= 11 is 2.81. The molecule has 0 unspecified atom stereocenters. The van der Waals surface area contributed by atoms with Gasteiger partial charge in [0.15, 0.2) is 0 Å². The molecular weight excluding hydrogens is 388 g/mol. The second kappa shape index (κ2) is 7.95. The number of thioether (sulfide) groups is 2. The molecule has 2 atom stereocenters. The van der Waals surface area contributed by atoms with Crippen LogP contribution in [0.3, 0.4) is 0 Å². The van der Waals surface area contributed by atoms with Crippen molar-refractivity contribution in [2.24, 2.45) is 0 Å². The monoisotopic (exact) mass is 408 g/mol. The van der Waals surface area contributed by atoms with E-state index in [9.17, 15) is 14.4 Å². The van der Waals surface area contributed by atoms with Crippen LogP contribution in [0, 0.1) is 0 Å². The van der Waals surface area contributed by atoms with Gasteiger partial charge in [-0.15, -0.1) is 23.5 Å². The van der Waals surface area contributed by atoms with Gasteiger partial charge in [-0.3, -0.25) is 14.5 Å². The van der Waals surface area contributed by atoms with Crippen LogP contribution in [0.5, 0.6) is 0 Å². The van der Waals surface area contributed by atoms with Gasteiger partial charge >= 0.3 is 5.97 Å². The SMILES string of the molecule is COC(=O)C1=C(C)CS[C@H]2N1C(=O)[C@]2(NC(=O)CSc1ccccc1)OC. The van der Waals surface area contributed by atoms with Crippen molar-refractivity contribution in [1.29, 1.82) is 0 Å². The average molecular weight is 409 g/mol. The Kier molecular flexibility index (Phi) is 5.83. The summed E-state index contributed by atoms with van der Waals surface area (Å²) in [6.07, 6.45) is 0. The molecule has 0 saturated carbocycles. The highest BCUT2D eigenvalue weighted by molar-refractivity contribution is 8.00. The summed E-state index contributed by atoms with van der Waals surface area (Å²) in [6.45, 7) is 1.78. The van der Waals surface area contributed by atoms with Gasteiger partial charge in [0.1, 0.15) is 11.1 Å². The van der Waals surface area contributed by atoms with Crippen molar-refractivity contribution in [3.8, 4) is 0 Å². The van der Waals surface area contributed by atoms with Crippen LogP contribution in [0.2, 0.25) is 0 Å². The van der Waals surface area contributed by atoms with Crippen molar-refractivity contribution in [3.63, 3.8) is 0 Å². The molecule has 1 aromatic rings. The number of carbonyl (C=O) groups is 3. The number of nitrogens with zero attached hydrogens (tertiary/aromatic N) is 1. The Balaban J connectivity index is 1.72. The highest BCUT2D eigenvalue weighted by Gasteiger charge is 2.66. The molecule has 1 fully saturated rings. The molecule has 0 spiro atoms. The number of carbonyl (C=O) groups excluding carboxylic acids is 3. The van der Waals surface area contributed by atoms with E-state index >= 15 is 0 Å². The molecule has 1 N–H and O–H groups in total. The number of hydrogen-bond donors (Lipinski definition) is 1. The number of β-lactam (4-membered cyclic amide) rings is 1. The smallest absolute Gasteiger partial charge is 0.354 e.